The molecule has 1 aromatic carbocycles. The molecule has 1 aromatic rings. The number of carbonyl (C=O) groups excluding carboxylic acids is 1. The molecule has 18 heavy (non-hydrogen) atoms. The van der Waals surface area contributed by atoms with Gasteiger partial charge in [0.05, 0.1) is 11.8 Å². The lowest BCUT2D eigenvalue weighted by molar-refractivity contribution is -0.116. The molecule has 0 radical (unpaired) electrons. The van der Waals surface area contributed by atoms with Gasteiger partial charge in [-0.2, -0.15) is 0 Å². The summed E-state index contributed by atoms with van der Waals surface area (Å²) in [4.78, 5) is 12.0. The maximum absolute atomic E-state index is 11.8. The Kier molecular flexibility index (Phi) is 5.74. The van der Waals surface area contributed by atoms with E-state index >= 15 is 0 Å². The van der Waals surface area contributed by atoms with E-state index in [2.05, 4.69) is 5.32 Å². The van der Waals surface area contributed by atoms with Gasteiger partial charge in [-0.3, -0.25) is 4.79 Å². The van der Waals surface area contributed by atoms with Crippen LogP contribution in [0.2, 0.25) is 0 Å². The molecule has 0 fully saturated rings. The summed E-state index contributed by atoms with van der Waals surface area (Å²) in [5.41, 5.74) is 6.93. The normalized spacial score (nSPS) is 11.9. The number of nitrogens with two attached hydrogens (primary N) is 1. The summed E-state index contributed by atoms with van der Waals surface area (Å²) in [5, 5.41) is 2.81. The fraction of sp³-hybridized carbons (Fsp3) is 0.385. The summed E-state index contributed by atoms with van der Waals surface area (Å²) in [6.45, 7) is 1.93. The summed E-state index contributed by atoms with van der Waals surface area (Å²) in [6.07, 6.45) is 1.15. The molecule has 1 amide bonds. The van der Waals surface area contributed by atoms with E-state index in [1.54, 1.807) is 19.2 Å². The summed E-state index contributed by atoms with van der Waals surface area (Å²) in [5.74, 6) is -0.0670. The molecule has 0 spiro atoms. The molecular weight excluding hydrogens is 248 g/mol. The lowest BCUT2D eigenvalue weighted by Crippen LogP contribution is -2.18. The number of benzene rings is 1. The van der Waals surface area contributed by atoms with E-state index in [9.17, 15) is 4.79 Å². The largest absolute Gasteiger partial charge is 0.389 e. The van der Waals surface area contributed by atoms with Crippen LogP contribution in [0.25, 0.3) is 0 Å². The third kappa shape index (κ3) is 4.43. The van der Waals surface area contributed by atoms with Crippen molar-refractivity contribution < 1.29 is 9.53 Å². The second-order valence-electron chi connectivity index (χ2n) is 4.04. The van der Waals surface area contributed by atoms with Crippen LogP contribution < -0.4 is 11.1 Å². The lowest BCUT2D eigenvalue weighted by Gasteiger charge is -2.11. The number of ether oxygens (including phenoxy) is 1. The van der Waals surface area contributed by atoms with Crippen LogP contribution in [0.5, 0.6) is 0 Å². The molecule has 0 saturated heterocycles. The number of amides is 1. The molecule has 0 aromatic heterocycles. The Morgan fingerprint density at radius 3 is 2.78 bits per heavy atom. The van der Waals surface area contributed by atoms with E-state index in [0.717, 1.165) is 0 Å². The highest BCUT2D eigenvalue weighted by molar-refractivity contribution is 7.80. The Labute approximate surface area is 113 Å². The molecule has 3 N–H and O–H groups in total. The Morgan fingerprint density at radius 1 is 1.50 bits per heavy atom. The monoisotopic (exact) mass is 266 g/mol. The van der Waals surface area contributed by atoms with Gasteiger partial charge in [-0.1, -0.05) is 24.4 Å². The summed E-state index contributed by atoms with van der Waals surface area (Å²) in [7, 11) is 1.63. The predicted molar refractivity (Wildman–Crippen MR) is 76.7 cm³/mol. The minimum absolute atomic E-state index is 0.0670. The number of hydrogen-bond donors (Lipinski definition) is 2. The molecule has 1 atom stereocenters. The van der Waals surface area contributed by atoms with Gasteiger partial charge in [0, 0.05) is 19.1 Å². The number of carbonyl (C=O) groups is 1. The van der Waals surface area contributed by atoms with Gasteiger partial charge >= 0.3 is 0 Å². The number of nitrogens with one attached hydrogen (secondary N) is 1. The molecule has 4 nitrogen and oxygen atoms in total. The van der Waals surface area contributed by atoms with Crippen molar-refractivity contribution in [1.82, 2.24) is 0 Å². The molecule has 0 aliphatic rings. The molecule has 0 heterocycles. The first-order valence-corrected chi connectivity index (χ1v) is 6.17. The minimum Gasteiger partial charge on any atom is -0.389 e. The van der Waals surface area contributed by atoms with Crippen molar-refractivity contribution in [2.45, 2.75) is 25.9 Å². The van der Waals surface area contributed by atoms with E-state index < -0.39 is 0 Å². The number of para-hydroxylation sites is 1. The minimum atomic E-state index is -0.0670. The van der Waals surface area contributed by atoms with Gasteiger partial charge in [0.2, 0.25) is 5.91 Å². The number of rotatable bonds is 6. The average Bonchev–Trinajstić information content (AvgIpc) is 2.36. The topological polar surface area (TPSA) is 64.3 Å². The zero-order chi connectivity index (χ0) is 13.5. The van der Waals surface area contributed by atoms with Crippen LogP contribution in [0.3, 0.4) is 0 Å². The lowest BCUT2D eigenvalue weighted by atomic mass is 10.1. The predicted octanol–water partition coefficient (Wildman–Crippen LogP) is 2.07. The van der Waals surface area contributed by atoms with Crippen LogP contribution >= 0.6 is 12.2 Å². The Morgan fingerprint density at radius 2 is 2.17 bits per heavy atom. The van der Waals surface area contributed by atoms with E-state index in [4.69, 9.17) is 22.7 Å². The highest BCUT2D eigenvalue weighted by Crippen LogP contribution is 2.15. The van der Waals surface area contributed by atoms with E-state index in [-0.39, 0.29) is 17.0 Å². The molecule has 1 unspecified atom stereocenters. The zero-order valence-electron chi connectivity index (χ0n) is 10.6. The Hall–Kier alpha value is -1.46. The van der Waals surface area contributed by atoms with Crippen molar-refractivity contribution in [3.8, 4) is 0 Å². The third-order valence-electron chi connectivity index (χ3n) is 2.65. The summed E-state index contributed by atoms with van der Waals surface area (Å²) >= 11 is 4.93. The van der Waals surface area contributed by atoms with Crippen molar-refractivity contribution in [2.24, 2.45) is 5.73 Å². The van der Waals surface area contributed by atoms with Crippen molar-refractivity contribution in [2.75, 3.05) is 12.4 Å². The van der Waals surface area contributed by atoms with Crippen molar-refractivity contribution >= 4 is 28.8 Å². The van der Waals surface area contributed by atoms with E-state index in [1.165, 1.54) is 0 Å². The van der Waals surface area contributed by atoms with Crippen molar-refractivity contribution in [1.29, 1.82) is 0 Å². The van der Waals surface area contributed by atoms with Gasteiger partial charge in [0.15, 0.2) is 0 Å². The fourth-order valence-corrected chi connectivity index (χ4v) is 1.65. The third-order valence-corrected chi connectivity index (χ3v) is 2.87. The van der Waals surface area contributed by atoms with Gasteiger partial charge in [0.1, 0.15) is 4.99 Å². The van der Waals surface area contributed by atoms with Crippen LogP contribution in [0.15, 0.2) is 24.3 Å². The Balaban J connectivity index is 2.62. The van der Waals surface area contributed by atoms with Gasteiger partial charge in [0.25, 0.3) is 0 Å². The van der Waals surface area contributed by atoms with Crippen LogP contribution in [-0.4, -0.2) is 24.1 Å². The second kappa shape index (κ2) is 7.08. The molecule has 1 rings (SSSR count). The number of methoxy groups -OCH3 is 1. The zero-order valence-corrected chi connectivity index (χ0v) is 11.4. The van der Waals surface area contributed by atoms with Crippen molar-refractivity contribution in [3.63, 3.8) is 0 Å². The highest BCUT2D eigenvalue weighted by Gasteiger charge is 2.09. The van der Waals surface area contributed by atoms with Gasteiger partial charge in [-0.25, -0.2) is 0 Å². The molecular formula is C13H18N2O2S. The number of thiocarbonyl (C=S) groups is 1. The number of anilines is 1. The first-order chi connectivity index (χ1) is 8.54. The molecule has 5 heteroatoms. The SMILES string of the molecule is COC(C)CCC(=O)Nc1ccccc1C(N)=S. The van der Waals surface area contributed by atoms with Gasteiger partial charge in [-0.15, -0.1) is 0 Å². The van der Waals surface area contributed by atoms with Crippen molar-refractivity contribution in [3.05, 3.63) is 29.8 Å². The maximum Gasteiger partial charge on any atom is 0.224 e. The summed E-state index contributed by atoms with van der Waals surface area (Å²) < 4.78 is 5.09. The first kappa shape index (κ1) is 14.6. The van der Waals surface area contributed by atoms with Crippen LogP contribution in [0, 0.1) is 0 Å². The molecule has 0 aliphatic heterocycles. The average molecular weight is 266 g/mol. The Bertz CT molecular complexity index is 435. The van der Waals surface area contributed by atoms with Crippen LogP contribution in [0.1, 0.15) is 25.3 Å². The quantitative estimate of drug-likeness (QED) is 0.774. The number of hydrogen-bond acceptors (Lipinski definition) is 3. The van der Waals surface area contributed by atoms with Gasteiger partial charge < -0.3 is 15.8 Å². The smallest absolute Gasteiger partial charge is 0.224 e. The van der Waals surface area contributed by atoms with Crippen LogP contribution in [0.4, 0.5) is 5.69 Å². The molecule has 0 aliphatic carbocycles. The van der Waals surface area contributed by atoms with Crippen LogP contribution in [-0.2, 0) is 9.53 Å². The second-order valence-corrected chi connectivity index (χ2v) is 4.48. The highest BCUT2D eigenvalue weighted by atomic mass is 32.1. The maximum atomic E-state index is 11.8. The molecule has 0 bridgehead atoms. The first-order valence-electron chi connectivity index (χ1n) is 5.76. The summed E-state index contributed by atoms with van der Waals surface area (Å²) in [6, 6.07) is 7.23. The standard InChI is InChI=1S/C13H18N2O2S/c1-9(17-2)7-8-12(16)15-11-6-4-3-5-10(11)13(14)18/h3-6,9H,7-8H2,1-2H3,(H2,14,18)(H,15,16). The van der Waals surface area contributed by atoms with E-state index in [1.807, 2.05) is 19.1 Å². The van der Waals surface area contributed by atoms with Gasteiger partial charge in [-0.05, 0) is 25.5 Å². The fourth-order valence-electron chi connectivity index (χ4n) is 1.47. The molecule has 0 saturated carbocycles. The molecule has 98 valence electrons. The van der Waals surface area contributed by atoms with E-state index in [0.29, 0.717) is 24.1 Å².